The highest BCUT2D eigenvalue weighted by atomic mass is 19.1. The van der Waals surface area contributed by atoms with Gasteiger partial charge >= 0.3 is 6.03 Å². The molecule has 2 amide bonds. The molecule has 1 saturated heterocycles. The van der Waals surface area contributed by atoms with Crippen LogP contribution in [0.15, 0.2) is 36.8 Å². The van der Waals surface area contributed by atoms with Crippen LogP contribution in [0.3, 0.4) is 0 Å². The number of anilines is 1. The van der Waals surface area contributed by atoms with Crippen LogP contribution in [0.4, 0.5) is 15.1 Å². The quantitative estimate of drug-likeness (QED) is 0.564. The maximum atomic E-state index is 14.4. The molecule has 11 heteroatoms. The van der Waals surface area contributed by atoms with E-state index in [4.69, 9.17) is 15.0 Å². The standard InChI is InChI=1S/C25H27FN8O2/c1-33-14-19(13-29-33)23(16-2-3-17(11-27)21(26)10-16)32-25(35)34-7-4-18-12-28-24(31-22(18)15-34)30-20-5-8-36-9-6-20/h2-3,10,12-14,20,23H,4-9,15H2,1H3,(H,32,35)(H,28,30,31)/t23-/m1/s1. The lowest BCUT2D eigenvalue weighted by molar-refractivity contribution is 0.0903. The number of rotatable bonds is 5. The number of ether oxygens (including phenoxy) is 1. The lowest BCUT2D eigenvalue weighted by Crippen LogP contribution is -2.44. The molecule has 4 heterocycles. The van der Waals surface area contributed by atoms with Crippen molar-refractivity contribution >= 4 is 12.0 Å². The van der Waals surface area contributed by atoms with Gasteiger partial charge in [0, 0.05) is 50.8 Å². The second-order valence-electron chi connectivity index (χ2n) is 9.05. The molecule has 2 aliphatic rings. The predicted octanol–water partition coefficient (Wildman–Crippen LogP) is 2.67. The van der Waals surface area contributed by atoms with Crippen molar-refractivity contribution in [1.29, 1.82) is 5.26 Å². The summed E-state index contributed by atoms with van der Waals surface area (Å²) in [7, 11) is 1.77. The van der Waals surface area contributed by atoms with E-state index in [1.165, 1.54) is 12.1 Å². The van der Waals surface area contributed by atoms with Gasteiger partial charge in [0.2, 0.25) is 5.95 Å². The first-order chi connectivity index (χ1) is 17.5. The van der Waals surface area contributed by atoms with Crippen LogP contribution >= 0.6 is 0 Å². The molecule has 10 nitrogen and oxygen atoms in total. The monoisotopic (exact) mass is 490 g/mol. The molecular weight excluding hydrogens is 463 g/mol. The molecule has 36 heavy (non-hydrogen) atoms. The summed E-state index contributed by atoms with van der Waals surface area (Å²) < 4.78 is 21.4. The lowest BCUT2D eigenvalue weighted by Gasteiger charge is -2.30. The van der Waals surface area contributed by atoms with Crippen molar-refractivity contribution in [3.05, 3.63) is 70.6 Å². The molecule has 186 valence electrons. The Morgan fingerprint density at radius 1 is 1.28 bits per heavy atom. The number of urea groups is 1. The molecule has 0 spiro atoms. The Balaban J connectivity index is 1.33. The van der Waals surface area contributed by atoms with Crippen molar-refractivity contribution in [3.8, 4) is 6.07 Å². The number of carbonyl (C=O) groups is 1. The third kappa shape index (κ3) is 5.13. The molecule has 2 N–H and O–H groups in total. The first-order valence-corrected chi connectivity index (χ1v) is 11.9. The van der Waals surface area contributed by atoms with Gasteiger partial charge in [-0.1, -0.05) is 6.07 Å². The van der Waals surface area contributed by atoms with Crippen molar-refractivity contribution in [1.82, 2.24) is 30.0 Å². The van der Waals surface area contributed by atoms with E-state index in [2.05, 4.69) is 20.7 Å². The average molecular weight is 491 g/mol. The number of fused-ring (bicyclic) bond motifs is 1. The topological polar surface area (TPSA) is 121 Å². The lowest BCUT2D eigenvalue weighted by atomic mass is 10.00. The summed E-state index contributed by atoms with van der Waals surface area (Å²) in [6, 6.07) is 5.51. The summed E-state index contributed by atoms with van der Waals surface area (Å²) in [5, 5.41) is 19.7. The van der Waals surface area contributed by atoms with Crippen LogP contribution in [-0.2, 0) is 24.8 Å². The molecule has 5 rings (SSSR count). The van der Waals surface area contributed by atoms with Crippen molar-refractivity contribution in [2.75, 3.05) is 25.1 Å². The molecule has 1 atom stereocenters. The van der Waals surface area contributed by atoms with Crippen LogP contribution in [0.1, 0.15) is 46.8 Å². The third-order valence-corrected chi connectivity index (χ3v) is 6.56. The molecule has 1 fully saturated rings. The van der Waals surface area contributed by atoms with E-state index in [1.54, 1.807) is 35.1 Å². The van der Waals surface area contributed by atoms with E-state index < -0.39 is 11.9 Å². The minimum atomic E-state index is -0.633. The van der Waals surface area contributed by atoms with Crippen molar-refractivity contribution in [2.45, 2.75) is 37.9 Å². The molecule has 3 aromatic rings. The van der Waals surface area contributed by atoms with Gasteiger partial charge in [0.25, 0.3) is 0 Å². The minimum Gasteiger partial charge on any atom is -0.381 e. The molecule has 0 bridgehead atoms. The van der Waals surface area contributed by atoms with Crippen molar-refractivity contribution in [3.63, 3.8) is 0 Å². The highest BCUT2D eigenvalue weighted by Gasteiger charge is 2.27. The van der Waals surface area contributed by atoms with Crippen LogP contribution in [0.25, 0.3) is 0 Å². The summed E-state index contributed by atoms with van der Waals surface area (Å²) in [4.78, 5) is 24.2. The Hall–Kier alpha value is -4.04. The molecule has 0 aliphatic carbocycles. The number of benzene rings is 1. The second-order valence-corrected chi connectivity index (χ2v) is 9.05. The van der Waals surface area contributed by atoms with Gasteiger partial charge < -0.3 is 20.3 Å². The third-order valence-electron chi connectivity index (χ3n) is 6.56. The molecule has 0 unspecified atom stereocenters. The normalized spacial score (nSPS) is 16.6. The van der Waals surface area contributed by atoms with Gasteiger partial charge in [-0.25, -0.2) is 19.2 Å². The van der Waals surface area contributed by atoms with Gasteiger partial charge in [-0.05, 0) is 42.5 Å². The largest absolute Gasteiger partial charge is 0.381 e. The number of aryl methyl sites for hydroxylation is 1. The predicted molar refractivity (Wildman–Crippen MR) is 128 cm³/mol. The zero-order valence-corrected chi connectivity index (χ0v) is 19.9. The fraction of sp³-hybridized carbons (Fsp3) is 0.400. The summed E-state index contributed by atoms with van der Waals surface area (Å²) in [5.41, 5.74) is 3.01. The zero-order chi connectivity index (χ0) is 25.1. The summed E-state index contributed by atoms with van der Waals surface area (Å²) in [6.07, 6.45) is 7.68. The van der Waals surface area contributed by atoms with Crippen molar-refractivity contribution in [2.24, 2.45) is 7.05 Å². The van der Waals surface area contributed by atoms with E-state index in [1.807, 2.05) is 12.3 Å². The van der Waals surface area contributed by atoms with Crippen LogP contribution in [0, 0.1) is 17.1 Å². The summed E-state index contributed by atoms with van der Waals surface area (Å²) in [6.45, 7) is 2.29. The number of amides is 2. The minimum absolute atomic E-state index is 0.0486. The first kappa shape index (κ1) is 23.7. The van der Waals surface area contributed by atoms with Crippen LogP contribution < -0.4 is 10.6 Å². The summed E-state index contributed by atoms with van der Waals surface area (Å²) >= 11 is 0. The number of carbonyl (C=O) groups excluding carboxylic acids is 1. The van der Waals surface area contributed by atoms with E-state index in [9.17, 15) is 9.18 Å². The summed E-state index contributed by atoms with van der Waals surface area (Å²) in [5.74, 6) is -0.0736. The molecule has 0 radical (unpaired) electrons. The molecule has 2 aliphatic heterocycles. The Morgan fingerprint density at radius 3 is 2.83 bits per heavy atom. The van der Waals surface area contributed by atoms with E-state index in [0.717, 1.165) is 37.3 Å². The fourth-order valence-corrected chi connectivity index (χ4v) is 4.54. The molecular formula is C25H27FN8O2. The average Bonchev–Trinajstić information content (AvgIpc) is 3.33. The maximum Gasteiger partial charge on any atom is 0.318 e. The smallest absolute Gasteiger partial charge is 0.318 e. The van der Waals surface area contributed by atoms with Gasteiger partial charge in [0.1, 0.15) is 11.9 Å². The van der Waals surface area contributed by atoms with Crippen LogP contribution in [0.5, 0.6) is 0 Å². The van der Waals surface area contributed by atoms with Gasteiger partial charge in [-0.3, -0.25) is 4.68 Å². The highest BCUT2D eigenvalue weighted by Crippen LogP contribution is 2.25. The Kier molecular flexibility index (Phi) is 6.77. The number of aromatic nitrogens is 4. The number of nitriles is 1. The fourth-order valence-electron chi connectivity index (χ4n) is 4.54. The van der Waals surface area contributed by atoms with Crippen LogP contribution in [0.2, 0.25) is 0 Å². The Morgan fingerprint density at radius 2 is 2.11 bits per heavy atom. The van der Waals surface area contributed by atoms with Gasteiger partial charge in [-0.2, -0.15) is 10.4 Å². The number of halogens is 1. The molecule has 0 saturated carbocycles. The number of nitrogens with one attached hydrogen (secondary N) is 2. The number of nitrogens with zero attached hydrogens (tertiary/aromatic N) is 6. The van der Waals surface area contributed by atoms with Gasteiger partial charge in [0.05, 0.1) is 30.0 Å². The number of hydrogen-bond donors (Lipinski definition) is 2. The molecule has 1 aromatic carbocycles. The second kappa shape index (κ2) is 10.3. The Bertz CT molecular complexity index is 1300. The van der Waals surface area contributed by atoms with E-state index in [0.29, 0.717) is 36.6 Å². The van der Waals surface area contributed by atoms with Gasteiger partial charge in [-0.15, -0.1) is 0 Å². The maximum absolute atomic E-state index is 14.4. The number of hydrogen-bond acceptors (Lipinski definition) is 7. The van der Waals surface area contributed by atoms with E-state index >= 15 is 0 Å². The van der Waals surface area contributed by atoms with E-state index in [-0.39, 0.29) is 17.6 Å². The van der Waals surface area contributed by atoms with Crippen LogP contribution in [-0.4, -0.2) is 56.5 Å². The van der Waals surface area contributed by atoms with Gasteiger partial charge in [0.15, 0.2) is 0 Å². The molecule has 2 aromatic heterocycles. The highest BCUT2D eigenvalue weighted by molar-refractivity contribution is 5.75. The SMILES string of the molecule is Cn1cc([C@H](NC(=O)N2CCc3cnc(NC4CCOCC4)nc3C2)c2ccc(C#N)c(F)c2)cn1. The zero-order valence-electron chi connectivity index (χ0n) is 19.9. The van der Waals surface area contributed by atoms with Crippen molar-refractivity contribution < 1.29 is 13.9 Å². The first-order valence-electron chi connectivity index (χ1n) is 11.9. The Labute approximate surface area is 208 Å².